The Morgan fingerprint density at radius 2 is 1.40 bits per heavy atom. The highest BCUT2D eigenvalue weighted by molar-refractivity contribution is 7.98. The number of aryl methyl sites for hydroxylation is 1. The van der Waals surface area contributed by atoms with E-state index < -0.39 is 15.9 Å². The fourth-order valence-corrected chi connectivity index (χ4v) is 5.74. The Labute approximate surface area is 210 Å². The summed E-state index contributed by atoms with van der Waals surface area (Å²) >= 11 is 1.74. The molecule has 1 N–H and O–H groups in total. The Hall–Kier alpha value is -3.55. The van der Waals surface area contributed by atoms with Crippen LogP contribution in [-0.2, 0) is 20.6 Å². The normalized spacial score (nSPS) is 11.1. The number of nitrogens with one attached hydrogen (secondary N) is 1. The lowest BCUT2D eigenvalue weighted by Gasteiger charge is -2.24. The SMILES string of the molecule is Cc1ccc(S(=O)(=O)N(CC(=O)Nc2ccc(CSc3ccccc3)cc2)c2ccccc2)cc1. The summed E-state index contributed by atoms with van der Waals surface area (Å²) in [5.41, 5.74) is 3.13. The number of sulfonamides is 1. The number of carbonyl (C=O) groups excluding carboxylic acids is 1. The highest BCUT2D eigenvalue weighted by Gasteiger charge is 2.27. The maximum atomic E-state index is 13.4. The van der Waals surface area contributed by atoms with Crippen LogP contribution in [0.15, 0.2) is 119 Å². The van der Waals surface area contributed by atoms with Gasteiger partial charge in [0.1, 0.15) is 6.54 Å². The molecule has 0 saturated heterocycles. The quantitative estimate of drug-likeness (QED) is 0.280. The van der Waals surface area contributed by atoms with Gasteiger partial charge in [0.05, 0.1) is 10.6 Å². The van der Waals surface area contributed by atoms with Crippen molar-refractivity contribution < 1.29 is 13.2 Å². The lowest BCUT2D eigenvalue weighted by atomic mass is 10.2. The van der Waals surface area contributed by atoms with Crippen LogP contribution in [0.2, 0.25) is 0 Å². The van der Waals surface area contributed by atoms with E-state index >= 15 is 0 Å². The summed E-state index contributed by atoms with van der Waals surface area (Å²) in [6.45, 7) is 1.55. The molecule has 0 spiro atoms. The molecule has 4 aromatic carbocycles. The van der Waals surface area contributed by atoms with Gasteiger partial charge in [-0.2, -0.15) is 0 Å². The third kappa shape index (κ3) is 6.53. The molecule has 0 saturated carbocycles. The molecular formula is C28H26N2O3S2. The van der Waals surface area contributed by atoms with Crippen molar-refractivity contribution >= 4 is 39.1 Å². The van der Waals surface area contributed by atoms with Crippen molar-refractivity contribution in [1.29, 1.82) is 0 Å². The second kappa shape index (κ2) is 11.3. The first kappa shape index (κ1) is 24.6. The summed E-state index contributed by atoms with van der Waals surface area (Å²) in [6.07, 6.45) is 0. The standard InChI is InChI=1S/C28H26N2O3S2/c1-22-12-18-27(19-13-22)35(32,33)30(25-8-4-2-5-9-25)20-28(31)29-24-16-14-23(15-17-24)21-34-26-10-6-3-7-11-26/h2-19H,20-21H2,1H3,(H,29,31). The van der Waals surface area contributed by atoms with Crippen molar-refractivity contribution in [2.75, 3.05) is 16.2 Å². The van der Waals surface area contributed by atoms with Crippen molar-refractivity contribution in [3.05, 3.63) is 120 Å². The van der Waals surface area contributed by atoms with E-state index in [2.05, 4.69) is 17.4 Å². The van der Waals surface area contributed by atoms with E-state index in [-0.39, 0.29) is 11.4 Å². The van der Waals surface area contributed by atoms with Crippen LogP contribution < -0.4 is 9.62 Å². The summed E-state index contributed by atoms with van der Waals surface area (Å²) in [7, 11) is -3.93. The molecule has 0 fully saturated rings. The lowest BCUT2D eigenvalue weighted by Crippen LogP contribution is -2.38. The van der Waals surface area contributed by atoms with Crippen LogP contribution in [0.3, 0.4) is 0 Å². The molecule has 0 atom stereocenters. The lowest BCUT2D eigenvalue weighted by molar-refractivity contribution is -0.114. The third-order valence-electron chi connectivity index (χ3n) is 5.33. The van der Waals surface area contributed by atoms with Gasteiger partial charge in [-0.3, -0.25) is 9.10 Å². The molecule has 5 nitrogen and oxygen atoms in total. The van der Waals surface area contributed by atoms with Crippen LogP contribution in [0.1, 0.15) is 11.1 Å². The van der Waals surface area contributed by atoms with E-state index in [0.717, 1.165) is 21.2 Å². The summed E-state index contributed by atoms with van der Waals surface area (Å²) in [4.78, 5) is 14.2. The minimum absolute atomic E-state index is 0.139. The van der Waals surface area contributed by atoms with Gasteiger partial charge < -0.3 is 5.32 Å². The van der Waals surface area contributed by atoms with Gasteiger partial charge >= 0.3 is 0 Å². The molecular weight excluding hydrogens is 476 g/mol. The number of thioether (sulfide) groups is 1. The van der Waals surface area contributed by atoms with Gasteiger partial charge in [-0.15, -0.1) is 11.8 Å². The molecule has 0 aliphatic rings. The van der Waals surface area contributed by atoms with E-state index in [1.54, 1.807) is 66.4 Å². The van der Waals surface area contributed by atoms with Crippen LogP contribution in [0.4, 0.5) is 11.4 Å². The molecule has 0 heterocycles. The summed E-state index contributed by atoms with van der Waals surface area (Å²) in [6, 6.07) is 33.0. The molecule has 0 aromatic heterocycles. The second-order valence-electron chi connectivity index (χ2n) is 8.01. The molecule has 1 amide bonds. The van der Waals surface area contributed by atoms with Crippen LogP contribution in [0.25, 0.3) is 0 Å². The average molecular weight is 503 g/mol. The molecule has 0 unspecified atom stereocenters. The Bertz CT molecular complexity index is 1360. The summed E-state index contributed by atoms with van der Waals surface area (Å²) in [5.74, 6) is 0.394. The van der Waals surface area contributed by atoms with E-state index in [1.807, 2.05) is 49.4 Å². The van der Waals surface area contributed by atoms with Gasteiger partial charge in [0, 0.05) is 16.3 Å². The molecule has 7 heteroatoms. The van der Waals surface area contributed by atoms with Gasteiger partial charge in [0.15, 0.2) is 0 Å². The first-order valence-corrected chi connectivity index (χ1v) is 13.6. The molecule has 4 aromatic rings. The van der Waals surface area contributed by atoms with E-state index in [9.17, 15) is 13.2 Å². The Balaban J connectivity index is 1.46. The number of anilines is 2. The number of amides is 1. The number of para-hydroxylation sites is 1. The molecule has 0 bridgehead atoms. The van der Waals surface area contributed by atoms with Gasteiger partial charge in [-0.05, 0) is 61.0 Å². The van der Waals surface area contributed by atoms with Gasteiger partial charge in [-0.1, -0.05) is 66.2 Å². The number of nitrogens with zero attached hydrogens (tertiary/aromatic N) is 1. The zero-order valence-corrected chi connectivity index (χ0v) is 20.9. The van der Waals surface area contributed by atoms with E-state index in [1.165, 1.54) is 4.90 Å². The van der Waals surface area contributed by atoms with Crippen molar-refractivity contribution in [3.8, 4) is 0 Å². The highest BCUT2D eigenvalue weighted by atomic mass is 32.2. The minimum Gasteiger partial charge on any atom is -0.325 e. The van der Waals surface area contributed by atoms with Crippen LogP contribution >= 0.6 is 11.8 Å². The zero-order chi connectivity index (χ0) is 24.7. The summed E-state index contributed by atoms with van der Waals surface area (Å²) < 4.78 is 28.0. The van der Waals surface area contributed by atoms with E-state index in [4.69, 9.17) is 0 Å². The van der Waals surface area contributed by atoms with Crippen molar-refractivity contribution in [2.45, 2.75) is 22.5 Å². The fraction of sp³-hybridized carbons (Fsp3) is 0.107. The van der Waals surface area contributed by atoms with Gasteiger partial charge in [0.25, 0.3) is 10.0 Å². The Kier molecular flexibility index (Phi) is 7.90. The number of benzene rings is 4. The topological polar surface area (TPSA) is 66.5 Å². The van der Waals surface area contributed by atoms with Crippen LogP contribution in [0, 0.1) is 6.92 Å². The molecule has 0 aliphatic heterocycles. The summed E-state index contributed by atoms with van der Waals surface area (Å²) in [5, 5.41) is 2.82. The Morgan fingerprint density at radius 1 is 0.800 bits per heavy atom. The van der Waals surface area contributed by atoms with Crippen LogP contribution in [0.5, 0.6) is 0 Å². The molecule has 4 rings (SSSR count). The molecule has 178 valence electrons. The first-order valence-electron chi connectivity index (χ1n) is 11.1. The predicted octanol–water partition coefficient (Wildman–Crippen LogP) is 6.12. The van der Waals surface area contributed by atoms with Crippen LogP contribution in [-0.4, -0.2) is 20.9 Å². The van der Waals surface area contributed by atoms with Crippen molar-refractivity contribution in [2.24, 2.45) is 0 Å². The van der Waals surface area contributed by atoms with Gasteiger partial charge in [-0.25, -0.2) is 8.42 Å². The van der Waals surface area contributed by atoms with Crippen molar-refractivity contribution in [1.82, 2.24) is 0 Å². The monoisotopic (exact) mass is 502 g/mol. The molecule has 0 aliphatic carbocycles. The first-order chi connectivity index (χ1) is 16.9. The molecule has 35 heavy (non-hydrogen) atoms. The largest absolute Gasteiger partial charge is 0.325 e. The minimum atomic E-state index is -3.93. The molecule has 0 radical (unpaired) electrons. The number of rotatable bonds is 9. The van der Waals surface area contributed by atoms with E-state index in [0.29, 0.717) is 11.4 Å². The maximum Gasteiger partial charge on any atom is 0.264 e. The van der Waals surface area contributed by atoms with Crippen molar-refractivity contribution in [3.63, 3.8) is 0 Å². The fourth-order valence-electron chi connectivity index (χ4n) is 3.45. The average Bonchev–Trinajstić information content (AvgIpc) is 2.88. The number of hydrogen-bond acceptors (Lipinski definition) is 4. The smallest absolute Gasteiger partial charge is 0.264 e. The maximum absolute atomic E-state index is 13.4. The Morgan fingerprint density at radius 3 is 2.03 bits per heavy atom. The number of hydrogen-bond donors (Lipinski definition) is 1. The third-order valence-corrected chi connectivity index (χ3v) is 8.20. The zero-order valence-electron chi connectivity index (χ0n) is 19.3. The second-order valence-corrected chi connectivity index (χ2v) is 10.9. The van der Waals surface area contributed by atoms with Gasteiger partial charge in [0.2, 0.25) is 5.91 Å². The highest BCUT2D eigenvalue weighted by Crippen LogP contribution is 2.25. The predicted molar refractivity (Wildman–Crippen MR) is 143 cm³/mol. The number of carbonyl (C=O) groups is 1.